The van der Waals surface area contributed by atoms with Gasteiger partial charge in [-0.15, -0.1) is 0 Å². The smallest absolute Gasteiger partial charge is 0.303 e. The zero-order chi connectivity index (χ0) is 25.7. The first kappa shape index (κ1) is 26.9. The molecule has 0 saturated carbocycles. The van der Waals surface area contributed by atoms with Gasteiger partial charge in [-0.05, 0) is 45.4 Å². The third-order valence-corrected chi connectivity index (χ3v) is 7.76. The van der Waals surface area contributed by atoms with Gasteiger partial charge in [0.25, 0.3) is 11.5 Å². The minimum atomic E-state index is -0.824. The van der Waals surface area contributed by atoms with Crippen LogP contribution in [0, 0.1) is 18.3 Å². The van der Waals surface area contributed by atoms with Crippen LogP contribution in [0.25, 0.3) is 6.08 Å². The Hall–Kier alpha value is -2.68. The van der Waals surface area contributed by atoms with Crippen LogP contribution in [0.15, 0.2) is 9.70 Å². The number of thiocarbonyl (C=S) groups is 1. The van der Waals surface area contributed by atoms with Gasteiger partial charge < -0.3 is 14.9 Å². The minimum absolute atomic E-state index is 0.0879. The van der Waals surface area contributed by atoms with Gasteiger partial charge in [0.05, 0.1) is 4.91 Å². The van der Waals surface area contributed by atoms with E-state index >= 15 is 0 Å². The molecule has 2 aliphatic heterocycles. The van der Waals surface area contributed by atoms with E-state index < -0.39 is 5.97 Å². The Morgan fingerprint density at radius 2 is 1.89 bits per heavy atom. The van der Waals surface area contributed by atoms with Crippen molar-refractivity contribution in [1.82, 2.24) is 14.4 Å². The number of carboxylic acid groups (broad SMARTS) is 1. The molecule has 0 radical (unpaired) electrons. The number of thioether (sulfide) groups is 1. The van der Waals surface area contributed by atoms with Gasteiger partial charge in [0.15, 0.2) is 0 Å². The monoisotopic (exact) mass is 517 g/mol. The molecule has 0 bridgehead atoms. The Morgan fingerprint density at radius 3 is 2.49 bits per heavy atom. The largest absolute Gasteiger partial charge is 0.481 e. The predicted molar refractivity (Wildman–Crippen MR) is 142 cm³/mol. The number of amides is 1. The second kappa shape index (κ2) is 11.8. The lowest BCUT2D eigenvalue weighted by atomic mass is 10.0. The summed E-state index contributed by atoms with van der Waals surface area (Å²) in [5, 5.41) is 18.5. The first-order valence-corrected chi connectivity index (χ1v) is 13.0. The molecule has 0 aliphatic carbocycles. The van der Waals surface area contributed by atoms with Crippen LogP contribution in [0.2, 0.25) is 0 Å². The van der Waals surface area contributed by atoms with Crippen molar-refractivity contribution in [3.63, 3.8) is 0 Å². The van der Waals surface area contributed by atoms with Crippen LogP contribution in [-0.2, 0) is 16.1 Å². The molecule has 35 heavy (non-hydrogen) atoms. The van der Waals surface area contributed by atoms with Crippen LogP contribution < -0.4 is 10.5 Å². The van der Waals surface area contributed by atoms with E-state index in [1.807, 2.05) is 6.92 Å². The normalized spacial score (nSPS) is 17.9. The van der Waals surface area contributed by atoms with E-state index in [4.69, 9.17) is 17.3 Å². The molecule has 1 N–H and O–H groups in total. The zero-order valence-electron chi connectivity index (χ0n) is 20.4. The summed E-state index contributed by atoms with van der Waals surface area (Å²) in [5.74, 6) is -0.286. The molecule has 2 saturated heterocycles. The molecule has 1 aromatic heterocycles. The third kappa shape index (κ3) is 5.94. The zero-order valence-corrected chi connectivity index (χ0v) is 22.0. The van der Waals surface area contributed by atoms with Gasteiger partial charge in [-0.2, -0.15) is 5.26 Å². The Morgan fingerprint density at radius 1 is 1.20 bits per heavy atom. The van der Waals surface area contributed by atoms with E-state index in [0.717, 1.165) is 32.0 Å². The molecular formula is C24H31N5O4S2. The Labute approximate surface area is 215 Å². The van der Waals surface area contributed by atoms with Crippen LogP contribution >= 0.6 is 24.0 Å². The molecule has 1 amide bonds. The number of likely N-dealkylation sites (N-methyl/N-ethyl adjacent to an activating group) is 1. The Bertz CT molecular complexity index is 1150. The van der Waals surface area contributed by atoms with Gasteiger partial charge in [0.1, 0.15) is 21.8 Å². The highest BCUT2D eigenvalue weighted by Gasteiger charge is 2.33. The van der Waals surface area contributed by atoms with Crippen molar-refractivity contribution < 1.29 is 14.7 Å². The third-order valence-electron chi connectivity index (χ3n) is 6.39. The summed E-state index contributed by atoms with van der Waals surface area (Å²) in [6.45, 7) is 7.65. The standard InChI is InChI=1S/C24H31N5O4S2/c1-4-28-21(27-12-10-26(3)11-13-27)17(16(2)18(15-25)22(28)32)14-19-23(33)29(24(34)35-19)9-7-5-6-8-20(30)31/h14H,4-13H2,1-3H3,(H,30,31). The van der Waals surface area contributed by atoms with Crippen LogP contribution in [0.5, 0.6) is 0 Å². The van der Waals surface area contributed by atoms with Gasteiger partial charge in [-0.25, -0.2) is 0 Å². The number of carboxylic acids is 1. The summed E-state index contributed by atoms with van der Waals surface area (Å²) >= 11 is 6.68. The lowest BCUT2D eigenvalue weighted by Gasteiger charge is -2.36. The van der Waals surface area contributed by atoms with Crippen molar-refractivity contribution in [3.8, 4) is 6.07 Å². The molecule has 0 unspecified atom stereocenters. The maximum absolute atomic E-state index is 13.2. The van der Waals surface area contributed by atoms with Crippen LogP contribution in [-0.4, -0.2) is 75.4 Å². The van der Waals surface area contributed by atoms with Crippen molar-refractivity contribution in [2.45, 2.75) is 46.1 Å². The number of carbonyl (C=O) groups is 2. The van der Waals surface area contributed by atoms with Gasteiger partial charge in [0, 0.05) is 51.3 Å². The van der Waals surface area contributed by atoms with Crippen LogP contribution in [0.3, 0.4) is 0 Å². The summed E-state index contributed by atoms with van der Waals surface area (Å²) < 4.78 is 2.09. The van der Waals surface area contributed by atoms with Crippen molar-refractivity contribution >= 4 is 52.1 Å². The van der Waals surface area contributed by atoms with E-state index in [-0.39, 0.29) is 23.5 Å². The fourth-order valence-electron chi connectivity index (χ4n) is 4.34. The Balaban J connectivity index is 1.96. The fraction of sp³-hybridized carbons (Fsp3) is 0.542. The SMILES string of the molecule is CCn1c(N2CCN(C)CC2)c(C=C2SC(=S)N(CCCCCC(=O)O)C2=O)c(C)c(C#N)c1=O. The highest BCUT2D eigenvalue weighted by molar-refractivity contribution is 8.26. The summed E-state index contributed by atoms with van der Waals surface area (Å²) in [6.07, 6.45) is 3.81. The lowest BCUT2D eigenvalue weighted by molar-refractivity contribution is -0.137. The van der Waals surface area contributed by atoms with E-state index in [1.165, 1.54) is 11.8 Å². The molecule has 3 heterocycles. The summed E-state index contributed by atoms with van der Waals surface area (Å²) in [5.41, 5.74) is 1.04. The summed E-state index contributed by atoms with van der Waals surface area (Å²) in [7, 11) is 2.06. The predicted octanol–water partition coefficient (Wildman–Crippen LogP) is 2.65. The number of unbranched alkanes of at least 4 members (excludes halogenated alkanes) is 2. The molecule has 188 valence electrons. The number of nitrogens with zero attached hydrogens (tertiary/aromatic N) is 5. The highest BCUT2D eigenvalue weighted by Crippen LogP contribution is 2.36. The van der Waals surface area contributed by atoms with Crippen LogP contribution in [0.1, 0.15) is 49.3 Å². The second-order valence-corrected chi connectivity index (χ2v) is 10.4. The van der Waals surface area contributed by atoms with Gasteiger partial charge in [0.2, 0.25) is 0 Å². The average Bonchev–Trinajstić information content (AvgIpc) is 3.08. The number of nitriles is 1. The molecule has 2 fully saturated rings. The minimum Gasteiger partial charge on any atom is -0.481 e. The van der Waals surface area contributed by atoms with E-state index in [2.05, 4.69) is 22.9 Å². The number of aromatic nitrogens is 1. The summed E-state index contributed by atoms with van der Waals surface area (Å²) in [4.78, 5) is 43.4. The molecule has 0 atom stereocenters. The number of hydrogen-bond acceptors (Lipinski definition) is 8. The highest BCUT2D eigenvalue weighted by atomic mass is 32.2. The number of hydrogen-bond donors (Lipinski definition) is 1. The first-order chi connectivity index (χ1) is 16.7. The van der Waals surface area contributed by atoms with Crippen LogP contribution in [0.4, 0.5) is 5.82 Å². The molecule has 0 aromatic carbocycles. The topological polar surface area (TPSA) is 110 Å². The van der Waals surface area contributed by atoms with Gasteiger partial charge in [-0.1, -0.05) is 30.4 Å². The van der Waals surface area contributed by atoms with Gasteiger partial charge >= 0.3 is 5.97 Å². The lowest BCUT2D eigenvalue weighted by Crippen LogP contribution is -2.47. The summed E-state index contributed by atoms with van der Waals surface area (Å²) in [6, 6.07) is 2.06. The van der Waals surface area contributed by atoms with E-state index in [9.17, 15) is 19.6 Å². The fourth-order valence-corrected chi connectivity index (χ4v) is 5.63. The van der Waals surface area contributed by atoms with E-state index in [1.54, 1.807) is 22.5 Å². The molecule has 0 spiro atoms. The number of carbonyl (C=O) groups excluding carboxylic acids is 1. The first-order valence-electron chi connectivity index (χ1n) is 11.8. The number of anilines is 1. The van der Waals surface area contributed by atoms with Gasteiger partial charge in [-0.3, -0.25) is 23.9 Å². The molecular weight excluding hydrogens is 486 g/mol. The molecule has 2 aliphatic rings. The maximum atomic E-state index is 13.2. The van der Waals surface area contributed by atoms with Crippen molar-refractivity contribution in [2.24, 2.45) is 0 Å². The maximum Gasteiger partial charge on any atom is 0.303 e. The molecule has 11 heteroatoms. The number of rotatable bonds is 9. The average molecular weight is 518 g/mol. The van der Waals surface area contributed by atoms with Crippen molar-refractivity contribution in [2.75, 3.05) is 44.7 Å². The number of aliphatic carboxylic acids is 1. The van der Waals surface area contributed by atoms with Crippen molar-refractivity contribution in [1.29, 1.82) is 5.26 Å². The number of piperazine rings is 1. The molecule has 9 nitrogen and oxygen atoms in total. The quantitative estimate of drug-likeness (QED) is 0.300. The number of pyridine rings is 1. The molecule has 3 rings (SSSR count). The molecule has 1 aromatic rings. The van der Waals surface area contributed by atoms with E-state index in [0.29, 0.717) is 52.7 Å². The Kier molecular flexibility index (Phi) is 9.10. The second-order valence-electron chi connectivity index (χ2n) is 8.73. The van der Waals surface area contributed by atoms with Crippen molar-refractivity contribution in [3.05, 3.63) is 31.9 Å².